The van der Waals surface area contributed by atoms with Crippen LogP contribution in [0.5, 0.6) is 0 Å². The van der Waals surface area contributed by atoms with Crippen molar-refractivity contribution >= 4 is 11.7 Å². The third-order valence-corrected chi connectivity index (χ3v) is 3.20. The Morgan fingerprint density at radius 2 is 2.24 bits per heavy atom. The average Bonchev–Trinajstić information content (AvgIpc) is 2.59. The number of amides is 1. The highest BCUT2D eigenvalue weighted by Gasteiger charge is 2.22. The Morgan fingerprint density at radius 3 is 2.71 bits per heavy atom. The number of aromatic amines is 1. The summed E-state index contributed by atoms with van der Waals surface area (Å²) in [7, 11) is 0. The minimum Gasteiger partial charge on any atom is -0.384 e. The molecule has 1 heterocycles. The molecule has 0 aliphatic carbocycles. The molecule has 0 bridgehead atoms. The topological polar surface area (TPSA) is 83.8 Å². The average molecular weight is 238 g/mol. The molecule has 0 aliphatic heterocycles. The van der Waals surface area contributed by atoms with Crippen LogP contribution in [0.1, 0.15) is 39.7 Å². The Balaban J connectivity index is 2.39. The van der Waals surface area contributed by atoms with E-state index >= 15 is 0 Å². The van der Waals surface area contributed by atoms with Gasteiger partial charge in [-0.25, -0.2) is 0 Å². The summed E-state index contributed by atoms with van der Waals surface area (Å²) in [6.07, 6.45) is 2.16. The fraction of sp³-hybridized carbons (Fsp3) is 0.667. The number of H-pyrrole nitrogens is 1. The number of nitrogens with two attached hydrogens (primary N) is 1. The van der Waals surface area contributed by atoms with Crippen molar-refractivity contribution in [3.05, 3.63) is 11.8 Å². The van der Waals surface area contributed by atoms with Gasteiger partial charge in [-0.15, -0.1) is 0 Å². The van der Waals surface area contributed by atoms with Crippen LogP contribution >= 0.6 is 0 Å². The Bertz CT molecular complexity index is 378. The normalized spacial score (nSPS) is 13.4. The van der Waals surface area contributed by atoms with Crippen LogP contribution in [0.15, 0.2) is 6.20 Å². The molecule has 1 atom stereocenters. The van der Waals surface area contributed by atoms with Gasteiger partial charge in [0.2, 0.25) is 5.91 Å². The maximum atomic E-state index is 11.7. The van der Waals surface area contributed by atoms with Gasteiger partial charge in [-0.05, 0) is 11.3 Å². The Labute approximate surface area is 102 Å². The first-order valence-electron chi connectivity index (χ1n) is 5.85. The molecule has 1 unspecified atom stereocenters. The van der Waals surface area contributed by atoms with Crippen molar-refractivity contribution in [3.8, 4) is 0 Å². The van der Waals surface area contributed by atoms with E-state index in [0.717, 1.165) is 5.56 Å². The summed E-state index contributed by atoms with van der Waals surface area (Å²) in [6.45, 7) is 8.93. The van der Waals surface area contributed by atoms with E-state index in [1.165, 1.54) is 0 Å². The van der Waals surface area contributed by atoms with E-state index in [-0.39, 0.29) is 11.3 Å². The first-order chi connectivity index (χ1) is 7.80. The number of rotatable bonds is 4. The van der Waals surface area contributed by atoms with Crippen LogP contribution in [0.2, 0.25) is 0 Å². The zero-order valence-electron chi connectivity index (χ0n) is 11.0. The third kappa shape index (κ3) is 4.09. The summed E-state index contributed by atoms with van der Waals surface area (Å²) in [5.41, 5.74) is 6.59. The van der Waals surface area contributed by atoms with Gasteiger partial charge in [0.05, 0.1) is 6.20 Å². The Morgan fingerprint density at radius 1 is 1.59 bits per heavy atom. The van der Waals surface area contributed by atoms with Crippen molar-refractivity contribution in [2.45, 2.75) is 40.7 Å². The van der Waals surface area contributed by atoms with Gasteiger partial charge in [0, 0.05) is 18.5 Å². The predicted molar refractivity (Wildman–Crippen MR) is 68.1 cm³/mol. The molecule has 0 saturated heterocycles. The smallest absolute Gasteiger partial charge is 0.220 e. The van der Waals surface area contributed by atoms with Gasteiger partial charge in [-0.3, -0.25) is 9.89 Å². The third-order valence-electron chi connectivity index (χ3n) is 3.20. The van der Waals surface area contributed by atoms with E-state index in [4.69, 9.17) is 5.73 Å². The largest absolute Gasteiger partial charge is 0.384 e. The zero-order chi connectivity index (χ0) is 13.1. The Kier molecular flexibility index (Phi) is 4.15. The number of hydrogen-bond acceptors (Lipinski definition) is 3. The molecule has 1 aromatic heterocycles. The van der Waals surface area contributed by atoms with E-state index in [0.29, 0.717) is 24.7 Å². The molecule has 1 amide bonds. The maximum absolute atomic E-state index is 11.7. The van der Waals surface area contributed by atoms with Crippen LogP contribution in [0.3, 0.4) is 0 Å². The second kappa shape index (κ2) is 5.21. The van der Waals surface area contributed by atoms with Gasteiger partial charge in [-0.1, -0.05) is 27.7 Å². The van der Waals surface area contributed by atoms with Crippen LogP contribution in [-0.4, -0.2) is 16.1 Å². The summed E-state index contributed by atoms with van der Waals surface area (Å²) >= 11 is 0. The molecule has 5 heteroatoms. The van der Waals surface area contributed by atoms with Gasteiger partial charge in [0.15, 0.2) is 0 Å². The fourth-order valence-electron chi connectivity index (χ4n) is 1.31. The molecule has 0 radical (unpaired) electrons. The van der Waals surface area contributed by atoms with Crippen LogP contribution < -0.4 is 11.1 Å². The van der Waals surface area contributed by atoms with Crippen LogP contribution in [0.25, 0.3) is 0 Å². The van der Waals surface area contributed by atoms with E-state index in [2.05, 4.69) is 43.2 Å². The first kappa shape index (κ1) is 13.5. The summed E-state index contributed by atoms with van der Waals surface area (Å²) in [6, 6.07) is 0. The van der Waals surface area contributed by atoms with Crippen LogP contribution in [-0.2, 0) is 11.3 Å². The highest BCUT2D eigenvalue weighted by Crippen LogP contribution is 2.27. The molecular weight excluding hydrogens is 216 g/mol. The number of nitrogens with one attached hydrogen (secondary N) is 2. The number of hydrogen-bond donors (Lipinski definition) is 3. The lowest BCUT2D eigenvalue weighted by Crippen LogP contribution is -2.28. The number of anilines is 1. The standard InChI is InChI=1S/C12H22N4O/c1-8(12(2,3)4)5-10(17)14-6-9-7-15-16-11(9)13/h7-8H,5-6H2,1-4H3,(H,14,17)(H3,13,15,16). The second-order valence-corrected chi connectivity index (χ2v) is 5.56. The predicted octanol–water partition coefficient (Wildman–Crippen LogP) is 1.68. The van der Waals surface area contributed by atoms with E-state index in [1.54, 1.807) is 6.20 Å². The summed E-state index contributed by atoms with van der Waals surface area (Å²) in [5, 5.41) is 9.28. The van der Waals surface area contributed by atoms with Gasteiger partial charge in [0.25, 0.3) is 0 Å². The highest BCUT2D eigenvalue weighted by atomic mass is 16.1. The van der Waals surface area contributed by atoms with Gasteiger partial charge < -0.3 is 11.1 Å². The molecule has 17 heavy (non-hydrogen) atoms. The van der Waals surface area contributed by atoms with Gasteiger partial charge in [-0.2, -0.15) is 5.10 Å². The summed E-state index contributed by atoms with van der Waals surface area (Å²) in [5.74, 6) is 0.895. The Hall–Kier alpha value is -1.52. The van der Waals surface area contributed by atoms with Crippen molar-refractivity contribution in [1.29, 1.82) is 0 Å². The maximum Gasteiger partial charge on any atom is 0.220 e. The second-order valence-electron chi connectivity index (χ2n) is 5.56. The molecule has 5 nitrogen and oxygen atoms in total. The fourth-order valence-corrected chi connectivity index (χ4v) is 1.31. The zero-order valence-corrected chi connectivity index (χ0v) is 11.0. The lowest BCUT2D eigenvalue weighted by atomic mass is 9.80. The van der Waals surface area contributed by atoms with Crippen molar-refractivity contribution in [2.24, 2.45) is 11.3 Å². The summed E-state index contributed by atoms with van der Waals surface area (Å²) in [4.78, 5) is 11.7. The van der Waals surface area contributed by atoms with E-state index < -0.39 is 0 Å². The monoisotopic (exact) mass is 238 g/mol. The van der Waals surface area contributed by atoms with Crippen LogP contribution in [0, 0.1) is 11.3 Å². The van der Waals surface area contributed by atoms with Crippen molar-refractivity contribution < 1.29 is 4.79 Å². The SMILES string of the molecule is CC(CC(=O)NCc1cn[nH]c1N)C(C)(C)C. The molecule has 1 aromatic rings. The summed E-state index contributed by atoms with van der Waals surface area (Å²) < 4.78 is 0. The molecule has 4 N–H and O–H groups in total. The quantitative estimate of drug-likeness (QED) is 0.746. The highest BCUT2D eigenvalue weighted by molar-refractivity contribution is 5.76. The molecule has 0 fully saturated rings. The van der Waals surface area contributed by atoms with Gasteiger partial charge >= 0.3 is 0 Å². The van der Waals surface area contributed by atoms with Gasteiger partial charge in [0.1, 0.15) is 5.82 Å². The van der Waals surface area contributed by atoms with Crippen molar-refractivity contribution in [2.75, 3.05) is 5.73 Å². The van der Waals surface area contributed by atoms with E-state index in [1.807, 2.05) is 0 Å². The number of carbonyl (C=O) groups is 1. The lowest BCUT2D eigenvalue weighted by Gasteiger charge is -2.26. The number of nitrogen functional groups attached to an aromatic ring is 1. The number of nitrogens with zero attached hydrogens (tertiary/aromatic N) is 1. The van der Waals surface area contributed by atoms with Crippen molar-refractivity contribution in [3.63, 3.8) is 0 Å². The minimum absolute atomic E-state index is 0.0491. The molecule has 96 valence electrons. The number of aromatic nitrogens is 2. The van der Waals surface area contributed by atoms with Crippen molar-refractivity contribution in [1.82, 2.24) is 15.5 Å². The molecular formula is C12H22N4O. The lowest BCUT2D eigenvalue weighted by molar-refractivity contribution is -0.122. The van der Waals surface area contributed by atoms with Crippen LogP contribution in [0.4, 0.5) is 5.82 Å². The minimum atomic E-state index is 0.0491. The molecule has 0 spiro atoms. The molecule has 1 rings (SSSR count). The first-order valence-corrected chi connectivity index (χ1v) is 5.85. The number of carbonyl (C=O) groups excluding carboxylic acids is 1. The molecule has 0 aliphatic rings. The molecule has 0 saturated carbocycles. The van der Waals surface area contributed by atoms with E-state index in [9.17, 15) is 4.79 Å². The molecule has 0 aromatic carbocycles.